The molecule has 0 radical (unpaired) electrons. The van der Waals surface area contributed by atoms with Crippen LogP contribution in [0.4, 0.5) is 10.1 Å². The number of aliphatic hydroxyl groups is 1. The second-order valence-corrected chi connectivity index (χ2v) is 5.66. The van der Waals surface area contributed by atoms with Crippen LogP contribution >= 0.6 is 34.8 Å². The summed E-state index contributed by atoms with van der Waals surface area (Å²) < 4.78 is 14.1. The van der Waals surface area contributed by atoms with Crippen molar-refractivity contribution in [3.8, 4) is 0 Å². The third-order valence-electron chi connectivity index (χ3n) is 3.27. The topological polar surface area (TPSA) is 40.5 Å². The maximum atomic E-state index is 14.1. The monoisotopic (exact) mass is 345 g/mol. The first-order chi connectivity index (χ1) is 9.93. The van der Waals surface area contributed by atoms with Gasteiger partial charge in [0.2, 0.25) is 0 Å². The van der Waals surface area contributed by atoms with Gasteiger partial charge in [0.25, 0.3) is 5.91 Å². The highest BCUT2D eigenvalue weighted by Crippen LogP contribution is 2.43. The predicted octanol–water partition coefficient (Wildman–Crippen LogP) is 4.44. The summed E-state index contributed by atoms with van der Waals surface area (Å²) >= 11 is 17.7. The number of carbonyl (C=O) groups excluding carboxylic acids is 1. The minimum Gasteiger partial charge on any atom is -0.369 e. The average molecular weight is 347 g/mol. The molecular weight excluding hydrogens is 340 g/mol. The van der Waals surface area contributed by atoms with Gasteiger partial charge in [-0.15, -0.1) is 0 Å². The minimum absolute atomic E-state index is 0.0658. The fraction of sp³-hybridized carbons (Fsp3) is 0.0714. The molecule has 108 valence electrons. The van der Waals surface area contributed by atoms with Crippen LogP contribution < -0.4 is 4.90 Å². The molecule has 2 aromatic carbocycles. The van der Waals surface area contributed by atoms with Crippen LogP contribution in [0.2, 0.25) is 15.1 Å². The van der Waals surface area contributed by atoms with E-state index in [1.807, 2.05) is 0 Å². The lowest BCUT2D eigenvalue weighted by atomic mass is 10.1. The Balaban J connectivity index is 2.21. The molecular formula is C14H7Cl3FNO2. The van der Waals surface area contributed by atoms with Crippen LogP contribution in [0.1, 0.15) is 22.1 Å². The Morgan fingerprint density at radius 2 is 1.71 bits per heavy atom. The van der Waals surface area contributed by atoms with Crippen LogP contribution in [0.15, 0.2) is 30.3 Å². The van der Waals surface area contributed by atoms with Gasteiger partial charge in [-0.1, -0.05) is 40.9 Å². The molecule has 1 heterocycles. The largest absolute Gasteiger partial charge is 0.369 e. The van der Waals surface area contributed by atoms with E-state index in [0.717, 1.165) is 4.90 Å². The standard InChI is InChI=1S/C14H7Cl3FNO2/c15-6-4-5-7(16)11-10(6)13(20)19(14(11)21)9-3-1-2-8(17)12(9)18/h1-5,13,20H. The molecule has 2 aromatic rings. The second-order valence-electron chi connectivity index (χ2n) is 4.44. The highest BCUT2D eigenvalue weighted by atomic mass is 35.5. The minimum atomic E-state index is -1.42. The fourth-order valence-electron chi connectivity index (χ4n) is 2.32. The molecule has 1 N–H and O–H groups in total. The summed E-state index contributed by atoms with van der Waals surface area (Å²) in [6.07, 6.45) is -1.42. The van der Waals surface area contributed by atoms with Gasteiger partial charge in [0.1, 0.15) is 0 Å². The number of anilines is 1. The number of aliphatic hydroxyl groups excluding tert-OH is 1. The zero-order valence-electron chi connectivity index (χ0n) is 10.3. The highest BCUT2D eigenvalue weighted by molar-refractivity contribution is 6.38. The van der Waals surface area contributed by atoms with Crippen molar-refractivity contribution in [2.75, 3.05) is 4.90 Å². The number of nitrogens with zero attached hydrogens (tertiary/aromatic N) is 1. The summed E-state index contributed by atoms with van der Waals surface area (Å²) in [4.78, 5) is 13.3. The summed E-state index contributed by atoms with van der Waals surface area (Å²) in [5.41, 5.74) is 0.0907. The van der Waals surface area contributed by atoms with Crippen LogP contribution in [0, 0.1) is 5.82 Å². The number of rotatable bonds is 1. The van der Waals surface area contributed by atoms with E-state index in [-0.39, 0.29) is 31.9 Å². The summed E-state index contributed by atoms with van der Waals surface area (Å²) in [6.45, 7) is 0. The molecule has 0 bridgehead atoms. The fourth-order valence-corrected chi connectivity index (χ4v) is 2.99. The number of fused-ring (bicyclic) bond motifs is 1. The Bertz CT molecular complexity index is 766. The van der Waals surface area contributed by atoms with Crippen molar-refractivity contribution in [3.05, 3.63) is 62.3 Å². The molecule has 3 nitrogen and oxygen atoms in total. The normalized spacial score (nSPS) is 17.3. The molecule has 0 aliphatic carbocycles. The average Bonchev–Trinajstić information content (AvgIpc) is 2.71. The molecule has 1 unspecified atom stereocenters. The van der Waals surface area contributed by atoms with E-state index >= 15 is 0 Å². The van der Waals surface area contributed by atoms with E-state index in [1.165, 1.54) is 30.3 Å². The van der Waals surface area contributed by atoms with Gasteiger partial charge in [-0.3, -0.25) is 9.69 Å². The maximum absolute atomic E-state index is 14.1. The van der Waals surface area contributed by atoms with E-state index in [2.05, 4.69) is 0 Å². The third-order valence-corrected chi connectivity index (χ3v) is 4.20. The van der Waals surface area contributed by atoms with E-state index in [1.54, 1.807) is 0 Å². The number of halogens is 4. The van der Waals surface area contributed by atoms with Crippen molar-refractivity contribution in [3.63, 3.8) is 0 Å². The van der Waals surface area contributed by atoms with Crippen LogP contribution in [0.5, 0.6) is 0 Å². The first-order valence-corrected chi connectivity index (χ1v) is 7.00. The van der Waals surface area contributed by atoms with Crippen LogP contribution in [-0.4, -0.2) is 11.0 Å². The van der Waals surface area contributed by atoms with Gasteiger partial charge >= 0.3 is 0 Å². The lowest BCUT2D eigenvalue weighted by Crippen LogP contribution is -2.28. The number of hydrogen-bond donors (Lipinski definition) is 1. The van der Waals surface area contributed by atoms with Gasteiger partial charge in [0, 0.05) is 10.6 Å². The predicted molar refractivity (Wildman–Crippen MR) is 79.6 cm³/mol. The van der Waals surface area contributed by atoms with Crippen LogP contribution in [0.25, 0.3) is 0 Å². The van der Waals surface area contributed by atoms with Gasteiger partial charge in [-0.2, -0.15) is 0 Å². The molecule has 1 amide bonds. The molecule has 0 saturated heterocycles. The zero-order valence-corrected chi connectivity index (χ0v) is 12.5. The van der Waals surface area contributed by atoms with E-state index < -0.39 is 18.0 Å². The number of carbonyl (C=O) groups is 1. The number of benzene rings is 2. The smallest absolute Gasteiger partial charge is 0.262 e. The molecule has 0 fully saturated rings. The van der Waals surface area contributed by atoms with Crippen LogP contribution in [0.3, 0.4) is 0 Å². The first-order valence-electron chi connectivity index (χ1n) is 5.87. The van der Waals surface area contributed by atoms with Gasteiger partial charge in [-0.05, 0) is 24.3 Å². The SMILES string of the molecule is O=C1c2c(Cl)ccc(Cl)c2C(O)N1c1cccc(Cl)c1F. The quantitative estimate of drug-likeness (QED) is 0.829. The summed E-state index contributed by atoms with van der Waals surface area (Å²) in [7, 11) is 0. The lowest BCUT2D eigenvalue weighted by molar-refractivity contribution is 0.0933. The van der Waals surface area contributed by atoms with Gasteiger partial charge in [0.05, 0.1) is 21.3 Å². The third kappa shape index (κ3) is 2.10. The lowest BCUT2D eigenvalue weighted by Gasteiger charge is -2.21. The summed E-state index contributed by atoms with van der Waals surface area (Å²) in [5, 5.41) is 10.5. The summed E-state index contributed by atoms with van der Waals surface area (Å²) in [6, 6.07) is 7.09. The van der Waals surface area contributed by atoms with Gasteiger partial charge in [-0.25, -0.2) is 4.39 Å². The molecule has 21 heavy (non-hydrogen) atoms. The Morgan fingerprint density at radius 3 is 2.38 bits per heavy atom. The molecule has 0 spiro atoms. The molecule has 1 aliphatic rings. The van der Waals surface area contributed by atoms with E-state index in [4.69, 9.17) is 34.8 Å². The molecule has 1 atom stereocenters. The van der Waals surface area contributed by atoms with Gasteiger partial charge < -0.3 is 5.11 Å². The van der Waals surface area contributed by atoms with Crippen molar-refractivity contribution in [2.45, 2.75) is 6.23 Å². The number of hydrogen-bond acceptors (Lipinski definition) is 2. The molecule has 1 aliphatic heterocycles. The van der Waals surface area contributed by atoms with Crippen LogP contribution in [-0.2, 0) is 0 Å². The van der Waals surface area contributed by atoms with Crippen molar-refractivity contribution in [1.29, 1.82) is 0 Å². The van der Waals surface area contributed by atoms with E-state index in [9.17, 15) is 14.3 Å². The Kier molecular flexibility index (Phi) is 3.58. The Morgan fingerprint density at radius 1 is 1.05 bits per heavy atom. The zero-order chi connectivity index (χ0) is 15.3. The van der Waals surface area contributed by atoms with Gasteiger partial charge in [0.15, 0.2) is 12.0 Å². The van der Waals surface area contributed by atoms with E-state index in [0.29, 0.717) is 0 Å². The van der Waals surface area contributed by atoms with Crippen molar-refractivity contribution < 1.29 is 14.3 Å². The molecule has 0 saturated carbocycles. The van der Waals surface area contributed by atoms with Crippen molar-refractivity contribution in [2.24, 2.45) is 0 Å². The Hall–Kier alpha value is -1.33. The summed E-state index contributed by atoms with van der Waals surface area (Å²) in [5.74, 6) is -1.43. The second kappa shape index (κ2) is 5.14. The Labute approximate surface area is 134 Å². The van der Waals surface area contributed by atoms with Crippen molar-refractivity contribution in [1.82, 2.24) is 0 Å². The highest BCUT2D eigenvalue weighted by Gasteiger charge is 2.41. The van der Waals surface area contributed by atoms with Crippen molar-refractivity contribution >= 4 is 46.4 Å². The molecule has 3 rings (SSSR count). The number of amides is 1. The first kappa shape index (κ1) is 14.6. The maximum Gasteiger partial charge on any atom is 0.262 e. The molecule has 7 heteroatoms. The molecule has 0 aromatic heterocycles.